The van der Waals surface area contributed by atoms with Gasteiger partial charge in [0.15, 0.2) is 9.84 Å². The highest BCUT2D eigenvalue weighted by atomic mass is 32.2. The number of sulfone groups is 1. The zero-order chi connectivity index (χ0) is 16.4. The van der Waals surface area contributed by atoms with Gasteiger partial charge in [-0.1, -0.05) is 18.2 Å². The van der Waals surface area contributed by atoms with E-state index in [2.05, 4.69) is 0 Å². The summed E-state index contributed by atoms with van der Waals surface area (Å²) in [7, 11) is -7.22. The fraction of sp³-hybridized carbons (Fsp3) is 0.538. The Labute approximate surface area is 130 Å². The first kappa shape index (κ1) is 17.4. The second-order valence-electron chi connectivity index (χ2n) is 5.28. The van der Waals surface area contributed by atoms with Crippen LogP contribution in [0.4, 0.5) is 0 Å². The highest BCUT2D eigenvalue weighted by Crippen LogP contribution is 2.25. The Morgan fingerprint density at radius 3 is 2.41 bits per heavy atom. The van der Waals surface area contributed by atoms with Crippen LogP contribution in [0.25, 0.3) is 0 Å². The Morgan fingerprint density at radius 1 is 1.27 bits per heavy atom. The topological polar surface area (TPSA) is 112 Å². The van der Waals surface area contributed by atoms with Crippen molar-refractivity contribution in [2.75, 3.05) is 24.7 Å². The summed E-state index contributed by atoms with van der Waals surface area (Å²) in [6.45, 7) is -0.936. The third-order valence-electron chi connectivity index (χ3n) is 3.57. The molecule has 0 aromatic heterocycles. The van der Waals surface area contributed by atoms with E-state index in [0.29, 0.717) is 0 Å². The minimum absolute atomic E-state index is 0.0319. The zero-order valence-electron chi connectivity index (χ0n) is 11.9. The fourth-order valence-electron chi connectivity index (χ4n) is 2.44. The van der Waals surface area contributed by atoms with Crippen LogP contribution >= 0.6 is 0 Å². The fourth-order valence-corrected chi connectivity index (χ4v) is 5.98. The summed E-state index contributed by atoms with van der Waals surface area (Å²) in [5.41, 5.74) is 0. The van der Waals surface area contributed by atoms with Gasteiger partial charge in [-0.3, -0.25) is 0 Å². The summed E-state index contributed by atoms with van der Waals surface area (Å²) in [6, 6.07) is 6.91. The molecule has 2 rings (SSSR count). The van der Waals surface area contributed by atoms with Gasteiger partial charge < -0.3 is 10.2 Å². The first-order valence-corrected chi connectivity index (χ1v) is 10.1. The third kappa shape index (κ3) is 3.85. The Morgan fingerprint density at radius 2 is 1.91 bits per heavy atom. The molecule has 2 N–H and O–H groups in total. The van der Waals surface area contributed by atoms with Gasteiger partial charge in [-0.25, -0.2) is 16.8 Å². The number of nitrogens with zero attached hydrogens (tertiary/aromatic N) is 1. The van der Waals surface area contributed by atoms with E-state index in [9.17, 15) is 21.9 Å². The van der Waals surface area contributed by atoms with Crippen molar-refractivity contribution in [1.29, 1.82) is 0 Å². The van der Waals surface area contributed by atoms with Gasteiger partial charge in [-0.2, -0.15) is 4.31 Å². The molecule has 0 radical (unpaired) electrons. The van der Waals surface area contributed by atoms with E-state index < -0.39 is 38.6 Å². The van der Waals surface area contributed by atoms with Crippen molar-refractivity contribution in [2.45, 2.75) is 23.5 Å². The average molecular weight is 349 g/mol. The molecule has 2 atom stereocenters. The maximum atomic E-state index is 12.7. The van der Waals surface area contributed by atoms with Crippen LogP contribution in [0, 0.1) is 0 Å². The van der Waals surface area contributed by atoms with Crippen LogP contribution in [-0.4, -0.2) is 68.2 Å². The van der Waals surface area contributed by atoms with Gasteiger partial charge in [0, 0.05) is 12.6 Å². The smallest absolute Gasteiger partial charge is 0.243 e. The molecule has 9 heteroatoms. The van der Waals surface area contributed by atoms with Crippen LogP contribution < -0.4 is 0 Å². The van der Waals surface area contributed by atoms with E-state index in [0.717, 1.165) is 4.31 Å². The molecule has 0 spiro atoms. The van der Waals surface area contributed by atoms with Gasteiger partial charge in [0.05, 0.1) is 29.1 Å². The Bertz CT molecular complexity index is 701. The molecule has 124 valence electrons. The van der Waals surface area contributed by atoms with Crippen molar-refractivity contribution < 1.29 is 27.0 Å². The molecule has 0 saturated carbocycles. The molecule has 22 heavy (non-hydrogen) atoms. The van der Waals surface area contributed by atoms with Crippen molar-refractivity contribution in [3.8, 4) is 0 Å². The molecule has 1 saturated heterocycles. The summed E-state index contributed by atoms with van der Waals surface area (Å²) in [5, 5.41) is 18.6. The monoisotopic (exact) mass is 349 g/mol. The van der Waals surface area contributed by atoms with Crippen molar-refractivity contribution in [3.05, 3.63) is 30.3 Å². The molecule has 1 aromatic carbocycles. The highest BCUT2D eigenvalue weighted by Gasteiger charge is 2.39. The molecule has 0 bridgehead atoms. The quantitative estimate of drug-likeness (QED) is 0.697. The van der Waals surface area contributed by atoms with Crippen molar-refractivity contribution in [2.24, 2.45) is 0 Å². The average Bonchev–Trinajstić information content (AvgIpc) is 2.85. The minimum atomic E-state index is -3.94. The molecule has 0 unspecified atom stereocenters. The molecule has 1 aliphatic heterocycles. The molecular formula is C13H19NO6S2. The molecular weight excluding hydrogens is 330 g/mol. The van der Waals surface area contributed by atoms with Crippen LogP contribution in [0.15, 0.2) is 35.2 Å². The lowest BCUT2D eigenvalue weighted by Gasteiger charge is -2.28. The van der Waals surface area contributed by atoms with E-state index in [1.165, 1.54) is 12.1 Å². The molecule has 0 amide bonds. The van der Waals surface area contributed by atoms with E-state index in [1.807, 2.05) is 0 Å². The molecule has 1 heterocycles. The first-order valence-electron chi connectivity index (χ1n) is 6.82. The number of sulfonamides is 1. The number of hydrogen-bond acceptors (Lipinski definition) is 6. The SMILES string of the molecule is O=S1(=O)CC[C@H](N(C[C@@H](O)CO)S(=O)(=O)c2ccccc2)C1. The van der Waals surface area contributed by atoms with Crippen LogP contribution in [0.3, 0.4) is 0 Å². The van der Waals surface area contributed by atoms with Gasteiger partial charge in [-0.05, 0) is 18.6 Å². The highest BCUT2D eigenvalue weighted by molar-refractivity contribution is 7.92. The van der Waals surface area contributed by atoms with Crippen LogP contribution in [-0.2, 0) is 19.9 Å². The second-order valence-corrected chi connectivity index (χ2v) is 9.40. The number of hydrogen-bond donors (Lipinski definition) is 2. The normalized spacial score (nSPS) is 22.8. The van der Waals surface area contributed by atoms with E-state index in [-0.39, 0.29) is 29.4 Å². The number of benzene rings is 1. The molecule has 1 aliphatic rings. The summed E-state index contributed by atoms with van der Waals surface area (Å²) in [5.74, 6) is -0.342. The van der Waals surface area contributed by atoms with Crippen molar-refractivity contribution in [3.63, 3.8) is 0 Å². The largest absolute Gasteiger partial charge is 0.394 e. The predicted molar refractivity (Wildman–Crippen MR) is 80.5 cm³/mol. The number of rotatable bonds is 6. The van der Waals surface area contributed by atoms with Crippen LogP contribution in [0.5, 0.6) is 0 Å². The molecule has 0 aliphatic carbocycles. The number of aliphatic hydroxyl groups excluding tert-OH is 2. The molecule has 7 nitrogen and oxygen atoms in total. The maximum Gasteiger partial charge on any atom is 0.243 e. The van der Waals surface area contributed by atoms with E-state index in [4.69, 9.17) is 5.11 Å². The summed E-state index contributed by atoms with van der Waals surface area (Å²) in [6.07, 6.45) is -1.08. The third-order valence-corrected chi connectivity index (χ3v) is 7.25. The molecule has 1 aromatic rings. The first-order chi connectivity index (χ1) is 10.3. The van der Waals surface area contributed by atoms with Gasteiger partial charge in [0.1, 0.15) is 0 Å². The predicted octanol–water partition coefficient (Wildman–Crippen LogP) is -0.782. The Hall–Kier alpha value is -1.00. The summed E-state index contributed by atoms with van der Waals surface area (Å²) < 4.78 is 49.7. The standard InChI is InChI=1S/C13H19NO6S2/c15-9-12(16)8-14(11-6-7-21(17,18)10-11)22(19,20)13-4-2-1-3-5-13/h1-5,11-12,15-16H,6-10H2/t11-,12+/m0/s1. The van der Waals surface area contributed by atoms with Crippen LogP contribution in [0.1, 0.15) is 6.42 Å². The van der Waals surface area contributed by atoms with E-state index >= 15 is 0 Å². The molecule has 1 fully saturated rings. The van der Waals surface area contributed by atoms with Gasteiger partial charge in [0.2, 0.25) is 10.0 Å². The Balaban J connectivity index is 2.36. The van der Waals surface area contributed by atoms with Crippen molar-refractivity contribution in [1.82, 2.24) is 4.31 Å². The summed E-state index contributed by atoms with van der Waals surface area (Å²) >= 11 is 0. The van der Waals surface area contributed by atoms with Crippen molar-refractivity contribution >= 4 is 19.9 Å². The lowest BCUT2D eigenvalue weighted by atomic mass is 10.2. The van der Waals surface area contributed by atoms with Crippen LogP contribution in [0.2, 0.25) is 0 Å². The second kappa shape index (κ2) is 6.63. The summed E-state index contributed by atoms with van der Waals surface area (Å²) in [4.78, 5) is 0.0319. The van der Waals surface area contributed by atoms with E-state index in [1.54, 1.807) is 18.2 Å². The minimum Gasteiger partial charge on any atom is -0.394 e. The maximum absolute atomic E-state index is 12.7. The van der Waals surface area contributed by atoms with Gasteiger partial charge in [0.25, 0.3) is 0 Å². The lowest BCUT2D eigenvalue weighted by molar-refractivity contribution is 0.0730. The zero-order valence-corrected chi connectivity index (χ0v) is 13.5. The number of aliphatic hydroxyl groups is 2. The van der Waals surface area contributed by atoms with Gasteiger partial charge in [-0.15, -0.1) is 0 Å². The lowest BCUT2D eigenvalue weighted by Crippen LogP contribution is -2.46. The Kier molecular flexibility index (Phi) is 5.23. The van der Waals surface area contributed by atoms with Gasteiger partial charge >= 0.3 is 0 Å².